The van der Waals surface area contributed by atoms with Crippen LogP contribution in [0.3, 0.4) is 0 Å². The van der Waals surface area contributed by atoms with Crippen LogP contribution in [0.15, 0.2) is 24.3 Å². The van der Waals surface area contributed by atoms with Gasteiger partial charge in [0.15, 0.2) is 0 Å². The molecule has 0 radical (unpaired) electrons. The van der Waals surface area contributed by atoms with Gasteiger partial charge in [-0.1, -0.05) is 12.1 Å². The third kappa shape index (κ3) is 3.07. The highest BCUT2D eigenvalue weighted by molar-refractivity contribution is 5.99. The second-order valence-electron chi connectivity index (χ2n) is 5.16. The molecule has 1 aliphatic heterocycles. The Labute approximate surface area is 115 Å². The Kier molecular flexibility index (Phi) is 4.43. The molecular formula is C15H23N3O. The zero-order valence-corrected chi connectivity index (χ0v) is 11.8. The van der Waals surface area contributed by atoms with E-state index in [9.17, 15) is 4.79 Å². The largest absolute Gasteiger partial charge is 0.371 e. The smallest absolute Gasteiger partial charge is 0.255 e. The van der Waals surface area contributed by atoms with E-state index in [2.05, 4.69) is 4.90 Å². The van der Waals surface area contributed by atoms with Gasteiger partial charge in [0.25, 0.3) is 5.91 Å². The predicted molar refractivity (Wildman–Crippen MR) is 78.5 cm³/mol. The molecule has 0 saturated carbocycles. The number of para-hydroxylation sites is 1. The Hall–Kier alpha value is -1.55. The van der Waals surface area contributed by atoms with Crippen LogP contribution < -0.4 is 10.6 Å². The molecule has 0 spiro atoms. The zero-order valence-electron chi connectivity index (χ0n) is 11.8. The second kappa shape index (κ2) is 6.06. The maximum atomic E-state index is 12.4. The minimum Gasteiger partial charge on any atom is -0.371 e. The minimum absolute atomic E-state index is 0.0907. The molecule has 1 saturated heterocycles. The Balaban J connectivity index is 2.23. The number of nitrogens with two attached hydrogens (primary N) is 1. The van der Waals surface area contributed by atoms with Crippen molar-refractivity contribution >= 4 is 11.6 Å². The van der Waals surface area contributed by atoms with Crippen molar-refractivity contribution in [2.45, 2.75) is 25.8 Å². The van der Waals surface area contributed by atoms with Crippen molar-refractivity contribution in [2.24, 2.45) is 5.73 Å². The van der Waals surface area contributed by atoms with Crippen molar-refractivity contribution in [3.63, 3.8) is 0 Å². The van der Waals surface area contributed by atoms with Crippen LogP contribution in [0.5, 0.6) is 0 Å². The van der Waals surface area contributed by atoms with Crippen molar-refractivity contribution in [2.75, 3.05) is 31.6 Å². The molecular weight excluding hydrogens is 238 g/mol. The number of hydrogen-bond donors (Lipinski definition) is 1. The number of amides is 1. The van der Waals surface area contributed by atoms with Crippen LogP contribution in [-0.2, 0) is 0 Å². The van der Waals surface area contributed by atoms with Crippen LogP contribution >= 0.6 is 0 Å². The third-order valence-corrected chi connectivity index (χ3v) is 3.84. The molecule has 1 fully saturated rings. The maximum Gasteiger partial charge on any atom is 0.255 e. The van der Waals surface area contributed by atoms with Crippen molar-refractivity contribution in [3.8, 4) is 0 Å². The van der Waals surface area contributed by atoms with Gasteiger partial charge in [0.2, 0.25) is 0 Å². The first kappa shape index (κ1) is 13.9. The summed E-state index contributed by atoms with van der Waals surface area (Å²) in [5, 5.41) is 0. The molecule has 104 valence electrons. The molecule has 1 aliphatic rings. The highest BCUT2D eigenvalue weighted by Gasteiger charge is 2.21. The molecule has 2 rings (SSSR count). The van der Waals surface area contributed by atoms with Gasteiger partial charge < -0.3 is 15.5 Å². The average molecular weight is 261 g/mol. The van der Waals surface area contributed by atoms with Gasteiger partial charge in [0.1, 0.15) is 0 Å². The molecule has 4 heteroatoms. The molecule has 4 nitrogen and oxygen atoms in total. The summed E-state index contributed by atoms with van der Waals surface area (Å²) in [4.78, 5) is 16.4. The molecule has 1 amide bonds. The van der Waals surface area contributed by atoms with E-state index in [4.69, 9.17) is 5.73 Å². The van der Waals surface area contributed by atoms with Crippen LogP contribution in [-0.4, -0.2) is 43.5 Å². The van der Waals surface area contributed by atoms with Crippen LogP contribution in [0.1, 0.15) is 30.1 Å². The summed E-state index contributed by atoms with van der Waals surface area (Å²) in [6, 6.07) is 8.17. The number of carbonyl (C=O) groups is 1. The Morgan fingerprint density at radius 2 is 2.00 bits per heavy atom. The summed E-state index contributed by atoms with van der Waals surface area (Å²) in [7, 11) is 1.84. The van der Waals surface area contributed by atoms with Crippen LogP contribution in [0.4, 0.5) is 5.69 Å². The molecule has 1 aromatic rings. The van der Waals surface area contributed by atoms with E-state index in [-0.39, 0.29) is 5.91 Å². The van der Waals surface area contributed by atoms with Crippen molar-refractivity contribution in [1.29, 1.82) is 0 Å². The lowest BCUT2D eigenvalue weighted by Crippen LogP contribution is -2.40. The van der Waals surface area contributed by atoms with E-state index in [1.807, 2.05) is 38.2 Å². The summed E-state index contributed by atoms with van der Waals surface area (Å²) in [6.07, 6.45) is 1.98. The lowest BCUT2D eigenvalue weighted by Gasteiger charge is -2.33. The van der Waals surface area contributed by atoms with Gasteiger partial charge >= 0.3 is 0 Å². The number of nitrogens with zero attached hydrogens (tertiary/aromatic N) is 2. The lowest BCUT2D eigenvalue weighted by atomic mass is 10.0. The van der Waals surface area contributed by atoms with Gasteiger partial charge in [-0.2, -0.15) is 0 Å². The Bertz CT molecular complexity index is 439. The number of piperidine rings is 1. The van der Waals surface area contributed by atoms with Gasteiger partial charge in [-0.3, -0.25) is 4.79 Å². The topological polar surface area (TPSA) is 49.6 Å². The summed E-state index contributed by atoms with van der Waals surface area (Å²) in [6.45, 7) is 4.57. The fraction of sp³-hybridized carbons (Fsp3) is 0.533. The molecule has 0 bridgehead atoms. The highest BCUT2D eigenvalue weighted by Crippen LogP contribution is 2.24. The standard InChI is InChI=1S/C15H23N3O/c1-3-17(2)15(19)13-6-4-5-7-14(13)18-10-8-12(16)9-11-18/h4-7,12H,3,8-11,16H2,1-2H3. The average Bonchev–Trinajstić information content (AvgIpc) is 2.46. The minimum atomic E-state index is 0.0907. The van der Waals surface area contributed by atoms with Gasteiger partial charge in [-0.05, 0) is 31.9 Å². The van der Waals surface area contributed by atoms with Crippen LogP contribution in [0, 0.1) is 0 Å². The van der Waals surface area contributed by atoms with E-state index < -0.39 is 0 Å². The molecule has 1 heterocycles. The summed E-state index contributed by atoms with van der Waals surface area (Å²) in [5.74, 6) is 0.0907. The van der Waals surface area contributed by atoms with Gasteiger partial charge in [0, 0.05) is 38.4 Å². The predicted octanol–water partition coefficient (Wildman–Crippen LogP) is 1.71. The molecule has 1 aromatic carbocycles. The SMILES string of the molecule is CCN(C)C(=O)c1ccccc1N1CCC(N)CC1. The molecule has 0 atom stereocenters. The first-order chi connectivity index (χ1) is 9.13. The quantitative estimate of drug-likeness (QED) is 0.901. The Morgan fingerprint density at radius 3 is 2.63 bits per heavy atom. The number of anilines is 1. The fourth-order valence-electron chi connectivity index (χ4n) is 2.42. The second-order valence-corrected chi connectivity index (χ2v) is 5.16. The van der Waals surface area contributed by atoms with E-state index in [1.54, 1.807) is 4.90 Å². The maximum absolute atomic E-state index is 12.4. The van der Waals surface area contributed by atoms with Crippen LogP contribution in [0.25, 0.3) is 0 Å². The van der Waals surface area contributed by atoms with E-state index in [0.29, 0.717) is 6.04 Å². The number of rotatable bonds is 3. The zero-order chi connectivity index (χ0) is 13.8. The van der Waals surface area contributed by atoms with E-state index in [1.165, 1.54) is 0 Å². The molecule has 19 heavy (non-hydrogen) atoms. The number of benzene rings is 1. The fourth-order valence-corrected chi connectivity index (χ4v) is 2.42. The van der Waals surface area contributed by atoms with Gasteiger partial charge in [0.05, 0.1) is 5.56 Å². The number of hydrogen-bond acceptors (Lipinski definition) is 3. The van der Waals surface area contributed by atoms with E-state index in [0.717, 1.165) is 43.7 Å². The number of carbonyl (C=O) groups excluding carboxylic acids is 1. The van der Waals surface area contributed by atoms with Crippen molar-refractivity contribution < 1.29 is 4.79 Å². The molecule has 0 unspecified atom stereocenters. The van der Waals surface area contributed by atoms with Crippen molar-refractivity contribution in [3.05, 3.63) is 29.8 Å². The highest BCUT2D eigenvalue weighted by atomic mass is 16.2. The summed E-state index contributed by atoms with van der Waals surface area (Å²) >= 11 is 0. The Morgan fingerprint density at radius 1 is 1.37 bits per heavy atom. The monoisotopic (exact) mass is 261 g/mol. The summed E-state index contributed by atoms with van der Waals surface area (Å²) < 4.78 is 0. The van der Waals surface area contributed by atoms with Gasteiger partial charge in [-0.15, -0.1) is 0 Å². The van der Waals surface area contributed by atoms with Gasteiger partial charge in [-0.25, -0.2) is 0 Å². The molecule has 0 aromatic heterocycles. The third-order valence-electron chi connectivity index (χ3n) is 3.84. The van der Waals surface area contributed by atoms with Crippen molar-refractivity contribution in [1.82, 2.24) is 4.90 Å². The molecule has 2 N–H and O–H groups in total. The van der Waals surface area contributed by atoms with Crippen LogP contribution in [0.2, 0.25) is 0 Å². The lowest BCUT2D eigenvalue weighted by molar-refractivity contribution is 0.0803. The first-order valence-corrected chi connectivity index (χ1v) is 6.98. The molecule has 0 aliphatic carbocycles. The summed E-state index contributed by atoms with van der Waals surface area (Å²) in [5.41, 5.74) is 7.78. The van der Waals surface area contributed by atoms with E-state index >= 15 is 0 Å². The normalized spacial score (nSPS) is 16.5. The first-order valence-electron chi connectivity index (χ1n) is 6.98.